The zero-order valence-corrected chi connectivity index (χ0v) is 10.6. The van der Waals surface area contributed by atoms with Crippen molar-refractivity contribution in [3.05, 3.63) is 65.7 Å². The highest BCUT2D eigenvalue weighted by molar-refractivity contribution is 5.45. The number of rotatable bonds is 4. The van der Waals surface area contributed by atoms with Crippen molar-refractivity contribution < 1.29 is 13.9 Å². The van der Waals surface area contributed by atoms with Crippen molar-refractivity contribution >= 4 is 5.69 Å². The molecule has 0 spiro atoms. The minimum absolute atomic E-state index is 0.0252. The highest BCUT2D eigenvalue weighted by atomic mass is 19.1. The van der Waals surface area contributed by atoms with Crippen molar-refractivity contribution in [3.8, 4) is 0 Å². The monoisotopic (exact) mass is 263 g/mol. The molecule has 0 heterocycles. The Bertz CT molecular complexity index is 545. The van der Waals surface area contributed by atoms with Gasteiger partial charge in [-0.25, -0.2) is 8.78 Å². The second-order valence-corrected chi connectivity index (χ2v) is 4.40. The highest BCUT2D eigenvalue weighted by Crippen LogP contribution is 2.21. The van der Waals surface area contributed by atoms with Crippen molar-refractivity contribution in [2.45, 2.75) is 6.10 Å². The Balaban J connectivity index is 2.13. The van der Waals surface area contributed by atoms with Crippen molar-refractivity contribution in [1.29, 1.82) is 0 Å². The van der Waals surface area contributed by atoms with E-state index in [0.717, 1.165) is 23.9 Å². The Morgan fingerprint density at radius 3 is 2.47 bits per heavy atom. The fraction of sp³-hybridized carbons (Fsp3) is 0.200. The van der Waals surface area contributed by atoms with Crippen molar-refractivity contribution in [3.63, 3.8) is 0 Å². The topological polar surface area (TPSA) is 23.5 Å². The summed E-state index contributed by atoms with van der Waals surface area (Å²) in [7, 11) is 1.79. The molecule has 0 aliphatic carbocycles. The first kappa shape index (κ1) is 13.5. The highest BCUT2D eigenvalue weighted by Gasteiger charge is 2.16. The Morgan fingerprint density at radius 2 is 1.79 bits per heavy atom. The SMILES string of the molecule is CN(CC(O)c1cc(F)ccc1F)c1ccccc1. The third-order valence-electron chi connectivity index (χ3n) is 2.96. The number of aliphatic hydroxyl groups excluding tert-OH is 1. The van der Waals surface area contributed by atoms with Crippen molar-refractivity contribution in [1.82, 2.24) is 0 Å². The summed E-state index contributed by atoms with van der Waals surface area (Å²) in [4.78, 5) is 1.79. The van der Waals surface area contributed by atoms with E-state index in [4.69, 9.17) is 0 Å². The number of halogens is 2. The van der Waals surface area contributed by atoms with Gasteiger partial charge in [0, 0.05) is 24.8 Å². The predicted molar refractivity (Wildman–Crippen MR) is 71.0 cm³/mol. The molecule has 1 unspecified atom stereocenters. The molecule has 0 amide bonds. The minimum atomic E-state index is -1.08. The van der Waals surface area contributed by atoms with Gasteiger partial charge in [-0.2, -0.15) is 0 Å². The number of likely N-dealkylation sites (N-methyl/N-ethyl adjacent to an activating group) is 1. The quantitative estimate of drug-likeness (QED) is 0.916. The molecule has 0 radical (unpaired) electrons. The molecule has 0 fully saturated rings. The van der Waals surface area contributed by atoms with Crippen LogP contribution in [0.3, 0.4) is 0 Å². The van der Waals surface area contributed by atoms with Gasteiger partial charge in [0.25, 0.3) is 0 Å². The maximum atomic E-state index is 13.5. The maximum absolute atomic E-state index is 13.5. The lowest BCUT2D eigenvalue weighted by Crippen LogP contribution is -2.24. The molecule has 100 valence electrons. The molecule has 0 saturated carbocycles. The third-order valence-corrected chi connectivity index (χ3v) is 2.96. The van der Waals surface area contributed by atoms with Crippen LogP contribution in [0.5, 0.6) is 0 Å². The molecular formula is C15H15F2NO. The van der Waals surface area contributed by atoms with Gasteiger partial charge in [-0.1, -0.05) is 18.2 Å². The van der Waals surface area contributed by atoms with Crippen LogP contribution >= 0.6 is 0 Å². The molecule has 0 aliphatic rings. The predicted octanol–water partition coefficient (Wildman–Crippen LogP) is 3.13. The lowest BCUT2D eigenvalue weighted by molar-refractivity contribution is 0.179. The van der Waals surface area contributed by atoms with E-state index in [9.17, 15) is 13.9 Å². The number of anilines is 1. The number of hydrogen-bond donors (Lipinski definition) is 1. The average Bonchev–Trinajstić information content (AvgIpc) is 2.42. The molecule has 19 heavy (non-hydrogen) atoms. The molecule has 2 aromatic carbocycles. The molecule has 2 nitrogen and oxygen atoms in total. The van der Waals surface area contributed by atoms with Crippen LogP contribution in [0.25, 0.3) is 0 Å². The van der Waals surface area contributed by atoms with E-state index in [1.165, 1.54) is 0 Å². The summed E-state index contributed by atoms with van der Waals surface area (Å²) < 4.78 is 26.6. The minimum Gasteiger partial charge on any atom is -0.386 e. The summed E-state index contributed by atoms with van der Waals surface area (Å²) in [5, 5.41) is 10.0. The Morgan fingerprint density at radius 1 is 1.11 bits per heavy atom. The number of para-hydroxylation sites is 1. The lowest BCUT2D eigenvalue weighted by atomic mass is 10.1. The maximum Gasteiger partial charge on any atom is 0.129 e. The molecule has 0 bridgehead atoms. The van der Waals surface area contributed by atoms with Crippen molar-refractivity contribution in [2.75, 3.05) is 18.5 Å². The first-order valence-electron chi connectivity index (χ1n) is 5.97. The summed E-state index contributed by atoms with van der Waals surface area (Å²) in [5.41, 5.74) is 0.876. The van der Waals surface area contributed by atoms with E-state index >= 15 is 0 Å². The van der Waals surface area contributed by atoms with E-state index in [1.54, 1.807) is 11.9 Å². The van der Waals surface area contributed by atoms with E-state index in [1.807, 2.05) is 30.3 Å². The van der Waals surface area contributed by atoms with Gasteiger partial charge in [-0.3, -0.25) is 0 Å². The number of hydrogen-bond acceptors (Lipinski definition) is 2. The van der Waals surface area contributed by atoms with Gasteiger partial charge in [0.05, 0.1) is 6.10 Å². The summed E-state index contributed by atoms with van der Waals surface area (Å²) in [6, 6.07) is 12.5. The van der Waals surface area contributed by atoms with E-state index in [-0.39, 0.29) is 12.1 Å². The van der Waals surface area contributed by atoms with Gasteiger partial charge in [-0.05, 0) is 30.3 Å². The van der Waals surface area contributed by atoms with Gasteiger partial charge in [-0.15, -0.1) is 0 Å². The Labute approximate surface area is 110 Å². The fourth-order valence-corrected chi connectivity index (χ4v) is 1.92. The van der Waals surface area contributed by atoms with Crippen LogP contribution in [-0.2, 0) is 0 Å². The summed E-state index contributed by atoms with van der Waals surface area (Å²) in [6.45, 7) is 0.185. The molecular weight excluding hydrogens is 248 g/mol. The van der Waals surface area contributed by atoms with Crippen molar-refractivity contribution in [2.24, 2.45) is 0 Å². The summed E-state index contributed by atoms with van der Waals surface area (Å²) in [6.07, 6.45) is -1.08. The first-order chi connectivity index (χ1) is 9.08. The number of aliphatic hydroxyl groups is 1. The average molecular weight is 263 g/mol. The number of nitrogens with zero attached hydrogens (tertiary/aromatic N) is 1. The van der Waals surface area contributed by atoms with Crippen LogP contribution in [0.2, 0.25) is 0 Å². The third kappa shape index (κ3) is 3.29. The van der Waals surface area contributed by atoms with Gasteiger partial charge < -0.3 is 10.0 Å². The van der Waals surface area contributed by atoms with Crippen LogP contribution in [0.1, 0.15) is 11.7 Å². The molecule has 0 aliphatic heterocycles. The first-order valence-corrected chi connectivity index (χ1v) is 5.97. The van der Waals surface area contributed by atoms with Gasteiger partial charge in [0.1, 0.15) is 11.6 Å². The normalized spacial score (nSPS) is 12.2. The Hall–Kier alpha value is -1.94. The van der Waals surface area contributed by atoms with Crippen LogP contribution in [0.15, 0.2) is 48.5 Å². The van der Waals surface area contributed by atoms with Gasteiger partial charge >= 0.3 is 0 Å². The molecule has 1 N–H and O–H groups in total. The van der Waals surface area contributed by atoms with Crippen LogP contribution in [0.4, 0.5) is 14.5 Å². The van der Waals surface area contributed by atoms with E-state index < -0.39 is 17.7 Å². The molecule has 0 saturated heterocycles. The zero-order chi connectivity index (χ0) is 13.8. The van der Waals surface area contributed by atoms with Gasteiger partial charge in [0.2, 0.25) is 0 Å². The summed E-state index contributed by atoms with van der Waals surface area (Å²) >= 11 is 0. The smallest absolute Gasteiger partial charge is 0.129 e. The lowest BCUT2D eigenvalue weighted by Gasteiger charge is -2.23. The van der Waals surface area contributed by atoms with E-state index in [2.05, 4.69) is 0 Å². The molecule has 0 aromatic heterocycles. The second kappa shape index (κ2) is 5.80. The largest absolute Gasteiger partial charge is 0.386 e. The standard InChI is InChI=1S/C15H15F2NO/c1-18(12-5-3-2-4-6-12)10-15(19)13-9-11(16)7-8-14(13)17/h2-9,15,19H,10H2,1H3. The second-order valence-electron chi connectivity index (χ2n) is 4.40. The molecule has 2 aromatic rings. The van der Waals surface area contributed by atoms with E-state index in [0.29, 0.717) is 0 Å². The van der Waals surface area contributed by atoms with Crippen LogP contribution < -0.4 is 4.90 Å². The molecule has 1 atom stereocenters. The fourth-order valence-electron chi connectivity index (χ4n) is 1.92. The Kier molecular flexibility index (Phi) is 4.12. The summed E-state index contributed by atoms with van der Waals surface area (Å²) in [5.74, 6) is -1.16. The van der Waals surface area contributed by atoms with Crippen LogP contribution in [0, 0.1) is 11.6 Å². The molecule has 4 heteroatoms. The number of benzene rings is 2. The van der Waals surface area contributed by atoms with Gasteiger partial charge in [0.15, 0.2) is 0 Å². The zero-order valence-electron chi connectivity index (χ0n) is 10.6. The van der Waals surface area contributed by atoms with Crippen LogP contribution in [-0.4, -0.2) is 18.7 Å². The molecule has 2 rings (SSSR count).